The summed E-state index contributed by atoms with van der Waals surface area (Å²) < 4.78 is 17.2. The van der Waals surface area contributed by atoms with Gasteiger partial charge in [-0.15, -0.1) is 0 Å². The number of rotatable bonds is 9. The maximum absolute atomic E-state index is 9.13. The molecule has 1 heterocycles. The summed E-state index contributed by atoms with van der Waals surface area (Å²) >= 11 is 0. The van der Waals surface area contributed by atoms with E-state index in [2.05, 4.69) is 115 Å². The van der Waals surface area contributed by atoms with E-state index < -0.39 is 5.41 Å². The molecule has 8 rings (SSSR count). The van der Waals surface area contributed by atoms with E-state index in [0.717, 1.165) is 34.3 Å². The summed E-state index contributed by atoms with van der Waals surface area (Å²) in [5.41, 5.74) is 7.13. The first kappa shape index (κ1) is 26.0. The molecule has 1 aliphatic carbocycles. The van der Waals surface area contributed by atoms with Crippen LogP contribution < -0.4 is 9.47 Å². The van der Waals surface area contributed by atoms with Gasteiger partial charge < -0.3 is 19.3 Å². The number of hydrogen-bond donors (Lipinski definition) is 1. The van der Waals surface area contributed by atoms with Crippen molar-refractivity contribution >= 4 is 21.5 Å². The van der Waals surface area contributed by atoms with Crippen LogP contribution in [-0.2, 0) is 10.2 Å². The predicted molar refractivity (Wildman–Crippen MR) is 171 cm³/mol. The molecule has 4 heteroatoms. The normalized spacial score (nSPS) is 16.2. The molecule has 1 N–H and O–H groups in total. The SMILES string of the molecule is OCCCOc1ccc2cc(C3(c4ccc5cc(OCC6CO6)ccc5c4)c4ccccc4-c4ccccc43)ccc2c1. The molecule has 0 aromatic heterocycles. The van der Waals surface area contributed by atoms with Gasteiger partial charge in [0.2, 0.25) is 0 Å². The Hall–Kier alpha value is -4.64. The fourth-order valence-corrected chi connectivity index (χ4v) is 6.73. The Morgan fingerprint density at radius 1 is 0.628 bits per heavy atom. The van der Waals surface area contributed by atoms with E-state index in [1.54, 1.807) is 0 Å². The average Bonchev–Trinajstić information content (AvgIpc) is 3.84. The molecular formula is C39H32O4. The van der Waals surface area contributed by atoms with Crippen molar-refractivity contribution in [3.8, 4) is 22.6 Å². The fraction of sp³-hybridized carbons (Fsp3) is 0.179. The molecule has 1 aliphatic heterocycles. The zero-order valence-electron chi connectivity index (χ0n) is 23.8. The Morgan fingerprint density at radius 3 is 1.70 bits per heavy atom. The molecule has 6 aromatic carbocycles. The largest absolute Gasteiger partial charge is 0.493 e. The molecule has 1 atom stereocenters. The van der Waals surface area contributed by atoms with Gasteiger partial charge in [-0.2, -0.15) is 0 Å². The Kier molecular flexibility index (Phi) is 6.40. The highest BCUT2D eigenvalue weighted by Gasteiger charge is 2.46. The molecule has 0 radical (unpaired) electrons. The van der Waals surface area contributed by atoms with E-state index in [1.807, 2.05) is 6.07 Å². The van der Waals surface area contributed by atoms with Crippen LogP contribution >= 0.6 is 0 Å². The topological polar surface area (TPSA) is 51.2 Å². The number of aliphatic hydroxyl groups is 1. The Labute approximate surface area is 251 Å². The van der Waals surface area contributed by atoms with Crippen LogP contribution in [0.25, 0.3) is 32.7 Å². The lowest BCUT2D eigenvalue weighted by molar-refractivity contribution is 0.234. The third kappa shape index (κ3) is 4.46. The second-order valence-corrected chi connectivity index (χ2v) is 11.5. The standard InChI is InChI=1S/C39H32O4/c40-18-5-19-41-32-16-12-26-20-30(14-10-28(26)22-32)39(37-8-3-1-6-35(37)36-7-2-4-9-38(36)39)31-15-11-29-23-33(17-13-27(29)21-31)42-24-34-25-43-34/h1-4,6-17,20-23,34,40H,5,18-19,24-25H2. The van der Waals surface area contributed by atoms with Crippen molar-refractivity contribution in [3.63, 3.8) is 0 Å². The third-order valence-corrected chi connectivity index (χ3v) is 8.85. The van der Waals surface area contributed by atoms with Crippen molar-refractivity contribution < 1.29 is 19.3 Å². The lowest BCUT2D eigenvalue weighted by atomic mass is 9.67. The second kappa shape index (κ2) is 10.6. The van der Waals surface area contributed by atoms with Gasteiger partial charge in [-0.3, -0.25) is 0 Å². The predicted octanol–water partition coefficient (Wildman–Crippen LogP) is 7.89. The van der Waals surface area contributed by atoms with Crippen LogP contribution in [0.1, 0.15) is 28.7 Å². The first-order valence-corrected chi connectivity index (χ1v) is 15.0. The van der Waals surface area contributed by atoms with E-state index in [9.17, 15) is 0 Å². The fourth-order valence-electron chi connectivity index (χ4n) is 6.73. The van der Waals surface area contributed by atoms with Gasteiger partial charge in [0.1, 0.15) is 24.2 Å². The number of fused-ring (bicyclic) bond motifs is 5. The molecule has 1 unspecified atom stereocenters. The van der Waals surface area contributed by atoms with Gasteiger partial charge in [-0.25, -0.2) is 0 Å². The van der Waals surface area contributed by atoms with E-state index in [1.165, 1.54) is 38.8 Å². The van der Waals surface area contributed by atoms with Crippen molar-refractivity contribution in [1.29, 1.82) is 0 Å². The Morgan fingerprint density at radius 2 is 1.14 bits per heavy atom. The average molecular weight is 565 g/mol. The summed E-state index contributed by atoms with van der Waals surface area (Å²) in [7, 11) is 0. The van der Waals surface area contributed by atoms with Crippen LogP contribution in [0.3, 0.4) is 0 Å². The summed E-state index contributed by atoms with van der Waals surface area (Å²) in [6.07, 6.45) is 0.848. The maximum atomic E-state index is 9.13. The van der Waals surface area contributed by atoms with Crippen LogP contribution in [0.4, 0.5) is 0 Å². The molecule has 212 valence electrons. The van der Waals surface area contributed by atoms with Gasteiger partial charge >= 0.3 is 0 Å². The van der Waals surface area contributed by atoms with Gasteiger partial charge in [-0.05, 0) is 91.3 Å². The lowest BCUT2D eigenvalue weighted by Gasteiger charge is -2.34. The molecule has 0 saturated carbocycles. The Balaban J connectivity index is 1.30. The highest BCUT2D eigenvalue weighted by atomic mass is 16.6. The van der Waals surface area contributed by atoms with Crippen LogP contribution in [0.15, 0.2) is 121 Å². The minimum absolute atomic E-state index is 0.127. The zero-order valence-corrected chi connectivity index (χ0v) is 23.8. The van der Waals surface area contributed by atoms with Crippen molar-refractivity contribution in [2.75, 3.05) is 26.4 Å². The van der Waals surface area contributed by atoms with E-state index in [0.29, 0.717) is 19.6 Å². The van der Waals surface area contributed by atoms with Crippen LogP contribution in [0, 0.1) is 0 Å². The lowest BCUT2D eigenvalue weighted by Crippen LogP contribution is -2.28. The number of benzene rings is 6. The minimum Gasteiger partial charge on any atom is -0.493 e. The first-order valence-electron chi connectivity index (χ1n) is 15.0. The first-order chi connectivity index (χ1) is 21.2. The van der Waals surface area contributed by atoms with Crippen molar-refractivity contribution in [2.24, 2.45) is 0 Å². The zero-order chi connectivity index (χ0) is 28.8. The molecule has 0 amide bonds. The van der Waals surface area contributed by atoms with Gasteiger partial charge in [-0.1, -0.05) is 84.9 Å². The summed E-state index contributed by atoms with van der Waals surface area (Å²) in [6, 6.07) is 44.0. The van der Waals surface area contributed by atoms with Gasteiger partial charge in [0, 0.05) is 13.0 Å². The number of epoxide rings is 1. The molecule has 1 saturated heterocycles. The van der Waals surface area contributed by atoms with Gasteiger partial charge in [0.05, 0.1) is 18.6 Å². The van der Waals surface area contributed by atoms with Gasteiger partial charge in [0.25, 0.3) is 0 Å². The summed E-state index contributed by atoms with van der Waals surface area (Å²) in [6.45, 7) is 2.01. The highest BCUT2D eigenvalue weighted by Crippen LogP contribution is 2.56. The third-order valence-electron chi connectivity index (χ3n) is 8.85. The van der Waals surface area contributed by atoms with E-state index in [-0.39, 0.29) is 12.7 Å². The second-order valence-electron chi connectivity index (χ2n) is 11.5. The molecule has 0 bridgehead atoms. The molecule has 43 heavy (non-hydrogen) atoms. The molecule has 4 nitrogen and oxygen atoms in total. The highest BCUT2D eigenvalue weighted by molar-refractivity contribution is 5.92. The molecule has 2 aliphatic rings. The quantitative estimate of drug-likeness (QED) is 0.143. The summed E-state index contributed by atoms with van der Waals surface area (Å²) in [5.74, 6) is 1.69. The van der Waals surface area contributed by atoms with Gasteiger partial charge in [0.15, 0.2) is 0 Å². The minimum atomic E-state index is -0.482. The Bertz CT molecular complexity index is 1930. The monoisotopic (exact) mass is 564 g/mol. The number of aliphatic hydroxyl groups excluding tert-OH is 1. The molecular weight excluding hydrogens is 532 g/mol. The van der Waals surface area contributed by atoms with E-state index in [4.69, 9.17) is 19.3 Å². The molecule has 0 spiro atoms. The maximum Gasteiger partial charge on any atom is 0.120 e. The van der Waals surface area contributed by atoms with Crippen LogP contribution in [0.5, 0.6) is 11.5 Å². The number of ether oxygens (including phenoxy) is 3. The molecule has 1 fully saturated rings. The smallest absolute Gasteiger partial charge is 0.120 e. The van der Waals surface area contributed by atoms with Crippen molar-refractivity contribution in [3.05, 3.63) is 144 Å². The van der Waals surface area contributed by atoms with Crippen LogP contribution in [0.2, 0.25) is 0 Å². The van der Waals surface area contributed by atoms with Crippen molar-refractivity contribution in [2.45, 2.75) is 17.9 Å². The summed E-state index contributed by atoms with van der Waals surface area (Å²) in [4.78, 5) is 0. The van der Waals surface area contributed by atoms with Crippen molar-refractivity contribution in [1.82, 2.24) is 0 Å². The van der Waals surface area contributed by atoms with E-state index >= 15 is 0 Å². The summed E-state index contributed by atoms with van der Waals surface area (Å²) in [5, 5.41) is 13.8. The van der Waals surface area contributed by atoms with Crippen LogP contribution in [-0.4, -0.2) is 37.6 Å². The number of hydrogen-bond acceptors (Lipinski definition) is 4. The molecule has 6 aromatic rings.